The third-order valence-electron chi connectivity index (χ3n) is 5.33. The van der Waals surface area contributed by atoms with Crippen LogP contribution in [0.1, 0.15) is 46.7 Å². The number of hydrogen-bond donors (Lipinski definition) is 0. The third-order valence-corrected chi connectivity index (χ3v) is 5.33. The fourth-order valence-electron chi connectivity index (χ4n) is 3.98. The molecule has 7 nitrogen and oxygen atoms in total. The van der Waals surface area contributed by atoms with E-state index in [2.05, 4.69) is 10.00 Å². The fraction of sp³-hybridized carbons (Fsp3) is 0.579. The van der Waals surface area contributed by atoms with E-state index in [9.17, 15) is 4.79 Å². The van der Waals surface area contributed by atoms with Gasteiger partial charge in [0, 0.05) is 51.4 Å². The summed E-state index contributed by atoms with van der Waals surface area (Å²) in [5.74, 6) is 1.98. The number of hydrogen-bond acceptors (Lipinski definition) is 5. The molecule has 26 heavy (non-hydrogen) atoms. The quantitative estimate of drug-likeness (QED) is 0.822. The summed E-state index contributed by atoms with van der Waals surface area (Å²) in [6, 6.07) is 0. The van der Waals surface area contributed by atoms with Crippen LogP contribution in [0, 0.1) is 6.92 Å². The number of nitrogens with zero attached hydrogens (tertiary/aromatic N) is 6. The van der Waals surface area contributed by atoms with E-state index < -0.39 is 0 Å². The topological polar surface area (TPSA) is 67.2 Å². The summed E-state index contributed by atoms with van der Waals surface area (Å²) < 4.78 is 1.67. The van der Waals surface area contributed by atoms with E-state index in [1.54, 1.807) is 17.1 Å². The van der Waals surface area contributed by atoms with Gasteiger partial charge in [0.25, 0.3) is 5.91 Å². The van der Waals surface area contributed by atoms with Crippen LogP contribution in [0.2, 0.25) is 0 Å². The molecule has 4 rings (SSSR count). The molecular weight excluding hydrogens is 328 g/mol. The normalized spacial score (nSPS) is 17.8. The first kappa shape index (κ1) is 17.0. The first-order valence-corrected chi connectivity index (χ1v) is 9.51. The predicted octanol–water partition coefficient (Wildman–Crippen LogP) is 1.75. The highest BCUT2D eigenvalue weighted by Gasteiger charge is 2.26. The van der Waals surface area contributed by atoms with Gasteiger partial charge in [-0.3, -0.25) is 9.48 Å². The van der Waals surface area contributed by atoms with Crippen LogP contribution in [0.25, 0.3) is 0 Å². The molecule has 7 heteroatoms. The molecule has 0 atom stereocenters. The van der Waals surface area contributed by atoms with Crippen LogP contribution >= 0.6 is 0 Å². The summed E-state index contributed by atoms with van der Waals surface area (Å²) in [6.07, 6.45) is 8.77. The van der Waals surface area contributed by atoms with Gasteiger partial charge in [-0.2, -0.15) is 5.10 Å². The van der Waals surface area contributed by atoms with E-state index in [0.29, 0.717) is 18.7 Å². The van der Waals surface area contributed by atoms with Gasteiger partial charge >= 0.3 is 0 Å². The number of piperidine rings is 1. The Morgan fingerprint density at radius 3 is 2.54 bits per heavy atom. The van der Waals surface area contributed by atoms with Crippen LogP contribution in [0.5, 0.6) is 0 Å². The highest BCUT2D eigenvalue weighted by molar-refractivity contribution is 5.93. The Hall–Kier alpha value is -2.44. The minimum Gasteiger partial charge on any atom is -0.356 e. The van der Waals surface area contributed by atoms with E-state index in [-0.39, 0.29) is 5.91 Å². The zero-order chi connectivity index (χ0) is 18.1. The van der Waals surface area contributed by atoms with Crippen LogP contribution in [0.15, 0.2) is 12.4 Å². The molecule has 0 saturated carbocycles. The number of aryl methyl sites for hydroxylation is 2. The van der Waals surface area contributed by atoms with Gasteiger partial charge in [-0.1, -0.05) is 0 Å². The van der Waals surface area contributed by atoms with Crippen molar-refractivity contribution in [1.82, 2.24) is 24.6 Å². The molecule has 0 N–H and O–H groups in total. The lowest BCUT2D eigenvalue weighted by atomic mass is 10.1. The Kier molecular flexibility index (Phi) is 4.61. The Morgan fingerprint density at radius 2 is 1.81 bits per heavy atom. The number of anilines is 1. The molecule has 0 spiro atoms. The summed E-state index contributed by atoms with van der Waals surface area (Å²) in [4.78, 5) is 26.6. The van der Waals surface area contributed by atoms with Crippen molar-refractivity contribution in [1.29, 1.82) is 0 Å². The predicted molar refractivity (Wildman–Crippen MR) is 99.4 cm³/mol. The van der Waals surface area contributed by atoms with Crippen LogP contribution in [-0.4, -0.2) is 56.7 Å². The van der Waals surface area contributed by atoms with Gasteiger partial charge in [0.05, 0.1) is 17.5 Å². The molecule has 2 aromatic rings. The van der Waals surface area contributed by atoms with Crippen molar-refractivity contribution in [3.05, 3.63) is 35.0 Å². The Balaban J connectivity index is 1.58. The average Bonchev–Trinajstić information content (AvgIpc) is 2.97. The van der Waals surface area contributed by atoms with Gasteiger partial charge in [0.1, 0.15) is 11.6 Å². The highest BCUT2D eigenvalue weighted by Crippen LogP contribution is 2.27. The zero-order valence-electron chi connectivity index (χ0n) is 15.6. The molecule has 4 heterocycles. The molecule has 2 aliphatic rings. The van der Waals surface area contributed by atoms with Gasteiger partial charge in [0.2, 0.25) is 0 Å². The smallest absolute Gasteiger partial charge is 0.257 e. The maximum Gasteiger partial charge on any atom is 0.257 e. The number of rotatable bonds is 2. The lowest BCUT2D eigenvalue weighted by Gasteiger charge is -2.30. The lowest BCUT2D eigenvalue weighted by molar-refractivity contribution is 0.0763. The van der Waals surface area contributed by atoms with Gasteiger partial charge in [-0.15, -0.1) is 0 Å². The molecule has 1 amide bonds. The summed E-state index contributed by atoms with van der Waals surface area (Å²) >= 11 is 0. The van der Waals surface area contributed by atoms with Crippen molar-refractivity contribution < 1.29 is 4.79 Å². The van der Waals surface area contributed by atoms with E-state index >= 15 is 0 Å². The van der Waals surface area contributed by atoms with Gasteiger partial charge in [-0.05, 0) is 32.6 Å². The van der Waals surface area contributed by atoms with Crippen molar-refractivity contribution in [2.75, 3.05) is 31.1 Å². The van der Waals surface area contributed by atoms with Crippen molar-refractivity contribution in [2.24, 2.45) is 7.05 Å². The molecule has 138 valence electrons. The van der Waals surface area contributed by atoms with Crippen molar-refractivity contribution in [2.45, 2.75) is 39.0 Å². The second kappa shape index (κ2) is 7.05. The number of carbonyl (C=O) groups is 1. The second-order valence-electron chi connectivity index (χ2n) is 7.26. The standard InChI is InChI=1S/C19H26N6O/c1-14-21-17-7-11-25(19(26)15-12-20-23(2)13-15)10-6-16(17)18(22-14)24-8-4-3-5-9-24/h12-13H,3-11H2,1-2H3. The lowest BCUT2D eigenvalue weighted by Crippen LogP contribution is -2.33. The first-order valence-electron chi connectivity index (χ1n) is 9.51. The van der Waals surface area contributed by atoms with Gasteiger partial charge in [0.15, 0.2) is 0 Å². The molecular formula is C19H26N6O. The molecule has 0 unspecified atom stereocenters. The highest BCUT2D eigenvalue weighted by atomic mass is 16.2. The average molecular weight is 354 g/mol. The van der Waals surface area contributed by atoms with Gasteiger partial charge in [-0.25, -0.2) is 9.97 Å². The fourth-order valence-corrected chi connectivity index (χ4v) is 3.98. The Labute approximate surface area is 154 Å². The van der Waals surface area contributed by atoms with Crippen molar-refractivity contribution in [3.63, 3.8) is 0 Å². The van der Waals surface area contributed by atoms with E-state index in [4.69, 9.17) is 9.97 Å². The first-order chi connectivity index (χ1) is 12.6. The molecule has 0 aromatic carbocycles. The summed E-state index contributed by atoms with van der Waals surface area (Å²) in [5.41, 5.74) is 3.00. The number of carbonyl (C=O) groups excluding carboxylic acids is 1. The number of aromatic nitrogens is 4. The van der Waals surface area contributed by atoms with Crippen LogP contribution in [0.4, 0.5) is 5.82 Å². The van der Waals surface area contributed by atoms with Crippen LogP contribution in [0.3, 0.4) is 0 Å². The monoisotopic (exact) mass is 354 g/mol. The maximum absolute atomic E-state index is 12.8. The van der Waals surface area contributed by atoms with Crippen LogP contribution in [-0.2, 0) is 19.9 Å². The van der Waals surface area contributed by atoms with Crippen molar-refractivity contribution in [3.8, 4) is 0 Å². The van der Waals surface area contributed by atoms with E-state index in [1.807, 2.05) is 18.9 Å². The summed E-state index contributed by atoms with van der Waals surface area (Å²) in [5, 5.41) is 4.12. The van der Waals surface area contributed by atoms with Crippen molar-refractivity contribution >= 4 is 11.7 Å². The minimum absolute atomic E-state index is 0.0510. The number of amides is 1. The molecule has 0 bridgehead atoms. The largest absolute Gasteiger partial charge is 0.356 e. The molecule has 2 aromatic heterocycles. The summed E-state index contributed by atoms with van der Waals surface area (Å²) in [6.45, 7) is 5.50. The third kappa shape index (κ3) is 3.30. The zero-order valence-corrected chi connectivity index (χ0v) is 15.6. The number of fused-ring (bicyclic) bond motifs is 1. The molecule has 1 fully saturated rings. The maximum atomic E-state index is 12.8. The molecule has 1 saturated heterocycles. The van der Waals surface area contributed by atoms with Gasteiger partial charge < -0.3 is 9.80 Å². The molecule has 2 aliphatic heterocycles. The molecule has 0 radical (unpaired) electrons. The SMILES string of the molecule is Cc1nc2c(c(N3CCCCC3)n1)CCN(C(=O)c1cnn(C)c1)CC2. The minimum atomic E-state index is 0.0510. The van der Waals surface area contributed by atoms with E-state index in [1.165, 1.54) is 24.8 Å². The molecule has 0 aliphatic carbocycles. The van der Waals surface area contributed by atoms with E-state index in [0.717, 1.165) is 43.3 Å². The van der Waals surface area contributed by atoms with Crippen LogP contribution < -0.4 is 4.90 Å². The summed E-state index contributed by atoms with van der Waals surface area (Å²) in [7, 11) is 1.83. The Morgan fingerprint density at radius 1 is 1.04 bits per heavy atom. The Bertz CT molecular complexity index is 808. The second-order valence-corrected chi connectivity index (χ2v) is 7.26.